The molecule has 2 rings (SSSR count). The van der Waals surface area contributed by atoms with Crippen LogP contribution in [0.4, 0.5) is 11.4 Å². The van der Waals surface area contributed by atoms with Crippen molar-refractivity contribution in [2.75, 3.05) is 10.6 Å². The van der Waals surface area contributed by atoms with Crippen molar-refractivity contribution in [1.29, 1.82) is 0 Å². The first kappa shape index (κ1) is 14.1. The van der Waals surface area contributed by atoms with E-state index in [0.29, 0.717) is 11.4 Å². The number of hydrogen-bond donors (Lipinski definition) is 3. The highest BCUT2D eigenvalue weighted by molar-refractivity contribution is 7.12. The second-order valence-electron chi connectivity index (χ2n) is 4.19. The van der Waals surface area contributed by atoms with Gasteiger partial charge in [0.1, 0.15) is 4.88 Å². The molecule has 0 saturated carbocycles. The Morgan fingerprint density at radius 2 is 1.80 bits per heavy atom. The average molecular weight is 290 g/mol. The molecule has 6 heteroatoms. The first-order valence-electron chi connectivity index (χ1n) is 5.97. The number of carboxylic acid groups (broad SMARTS) is 1. The van der Waals surface area contributed by atoms with Gasteiger partial charge in [-0.3, -0.25) is 4.79 Å². The van der Waals surface area contributed by atoms with E-state index in [0.717, 1.165) is 16.9 Å². The lowest BCUT2D eigenvalue weighted by Gasteiger charge is -2.07. The van der Waals surface area contributed by atoms with Crippen LogP contribution in [0, 0.1) is 0 Å². The number of hydrogen-bond acceptors (Lipinski definition) is 4. The van der Waals surface area contributed by atoms with Gasteiger partial charge in [-0.15, -0.1) is 11.3 Å². The molecule has 2 aromatic rings. The Hall–Kier alpha value is -2.34. The number of amides is 1. The molecule has 0 unspecified atom stereocenters. The van der Waals surface area contributed by atoms with Crippen LogP contribution in [0.15, 0.2) is 35.7 Å². The molecule has 1 amide bonds. The van der Waals surface area contributed by atoms with Crippen molar-refractivity contribution in [2.24, 2.45) is 0 Å². The zero-order valence-electron chi connectivity index (χ0n) is 10.8. The molecule has 5 nitrogen and oxygen atoms in total. The lowest BCUT2D eigenvalue weighted by Crippen LogP contribution is -2.06. The van der Waals surface area contributed by atoms with Crippen molar-refractivity contribution in [1.82, 2.24) is 0 Å². The SMILES string of the molecule is CC(=O)Nc1ccc(NCc2ccsc2C(=O)O)cc1. The predicted molar refractivity (Wildman–Crippen MR) is 79.4 cm³/mol. The van der Waals surface area contributed by atoms with E-state index < -0.39 is 5.97 Å². The Kier molecular flexibility index (Phi) is 4.37. The Balaban J connectivity index is 1.98. The molecule has 0 aliphatic heterocycles. The fourth-order valence-corrected chi connectivity index (χ4v) is 2.50. The molecule has 0 radical (unpaired) electrons. The van der Waals surface area contributed by atoms with Gasteiger partial charge in [0, 0.05) is 24.8 Å². The molecule has 0 aliphatic rings. The number of carbonyl (C=O) groups is 2. The van der Waals surface area contributed by atoms with Crippen LogP contribution >= 0.6 is 11.3 Å². The molecule has 1 aromatic carbocycles. The van der Waals surface area contributed by atoms with Gasteiger partial charge < -0.3 is 15.7 Å². The minimum absolute atomic E-state index is 0.116. The van der Waals surface area contributed by atoms with Gasteiger partial charge in [0.05, 0.1) is 0 Å². The zero-order chi connectivity index (χ0) is 14.5. The van der Waals surface area contributed by atoms with Crippen molar-refractivity contribution in [2.45, 2.75) is 13.5 Å². The summed E-state index contributed by atoms with van der Waals surface area (Å²) >= 11 is 1.22. The quantitative estimate of drug-likeness (QED) is 0.791. The Labute approximate surface area is 120 Å². The summed E-state index contributed by atoms with van der Waals surface area (Å²) in [6.45, 7) is 1.90. The van der Waals surface area contributed by atoms with Gasteiger partial charge in [0.2, 0.25) is 5.91 Å². The summed E-state index contributed by atoms with van der Waals surface area (Å²) < 4.78 is 0. The number of nitrogens with one attached hydrogen (secondary N) is 2. The van der Waals surface area contributed by atoms with Crippen LogP contribution in [-0.4, -0.2) is 17.0 Å². The topological polar surface area (TPSA) is 78.4 Å². The van der Waals surface area contributed by atoms with Crippen molar-refractivity contribution >= 4 is 34.6 Å². The van der Waals surface area contributed by atoms with E-state index in [9.17, 15) is 9.59 Å². The second-order valence-corrected chi connectivity index (χ2v) is 5.11. The number of anilines is 2. The van der Waals surface area contributed by atoms with Gasteiger partial charge >= 0.3 is 5.97 Å². The molecule has 0 bridgehead atoms. The normalized spacial score (nSPS) is 10.1. The van der Waals surface area contributed by atoms with Crippen molar-refractivity contribution in [3.8, 4) is 0 Å². The van der Waals surface area contributed by atoms with Crippen LogP contribution in [0.25, 0.3) is 0 Å². The molecular formula is C14H14N2O3S. The first-order valence-corrected chi connectivity index (χ1v) is 6.85. The molecule has 0 aliphatic carbocycles. The third kappa shape index (κ3) is 3.58. The van der Waals surface area contributed by atoms with E-state index in [4.69, 9.17) is 5.11 Å². The lowest BCUT2D eigenvalue weighted by molar-refractivity contribution is -0.114. The van der Waals surface area contributed by atoms with Crippen LogP contribution in [0.3, 0.4) is 0 Å². The van der Waals surface area contributed by atoms with Crippen LogP contribution in [0.2, 0.25) is 0 Å². The highest BCUT2D eigenvalue weighted by Crippen LogP contribution is 2.19. The maximum Gasteiger partial charge on any atom is 0.346 e. The third-order valence-electron chi connectivity index (χ3n) is 2.63. The molecular weight excluding hydrogens is 276 g/mol. The maximum absolute atomic E-state index is 11.0. The molecule has 0 saturated heterocycles. The van der Waals surface area contributed by atoms with Gasteiger partial charge in [0.15, 0.2) is 0 Å². The fraction of sp³-hybridized carbons (Fsp3) is 0.143. The van der Waals surface area contributed by atoms with Gasteiger partial charge in [-0.05, 0) is 41.3 Å². The van der Waals surface area contributed by atoms with Crippen LogP contribution < -0.4 is 10.6 Å². The number of rotatable bonds is 5. The first-order chi connectivity index (χ1) is 9.56. The Bertz CT molecular complexity index is 620. The Morgan fingerprint density at radius 1 is 1.15 bits per heavy atom. The minimum Gasteiger partial charge on any atom is -0.477 e. The van der Waals surface area contributed by atoms with E-state index >= 15 is 0 Å². The molecule has 104 valence electrons. The van der Waals surface area contributed by atoms with Crippen molar-refractivity contribution in [3.05, 3.63) is 46.2 Å². The van der Waals surface area contributed by atoms with Gasteiger partial charge in [-0.1, -0.05) is 0 Å². The summed E-state index contributed by atoms with van der Waals surface area (Å²) in [5, 5.41) is 16.6. The van der Waals surface area contributed by atoms with Gasteiger partial charge in [-0.25, -0.2) is 4.79 Å². The van der Waals surface area contributed by atoms with Gasteiger partial charge in [-0.2, -0.15) is 0 Å². The molecule has 3 N–H and O–H groups in total. The number of benzene rings is 1. The number of aromatic carboxylic acids is 1. The molecule has 20 heavy (non-hydrogen) atoms. The molecule has 1 aromatic heterocycles. The monoisotopic (exact) mass is 290 g/mol. The van der Waals surface area contributed by atoms with E-state index in [-0.39, 0.29) is 5.91 Å². The maximum atomic E-state index is 11.0. The van der Waals surface area contributed by atoms with Crippen molar-refractivity contribution < 1.29 is 14.7 Å². The number of carboxylic acids is 1. The number of thiophene rings is 1. The smallest absolute Gasteiger partial charge is 0.346 e. The average Bonchev–Trinajstić information content (AvgIpc) is 2.86. The standard InChI is InChI=1S/C14H14N2O3S/c1-9(17)16-12-4-2-11(3-5-12)15-8-10-6-7-20-13(10)14(18)19/h2-7,15H,8H2,1H3,(H,16,17)(H,18,19). The molecule has 1 heterocycles. The Morgan fingerprint density at radius 3 is 2.40 bits per heavy atom. The van der Waals surface area contributed by atoms with Gasteiger partial charge in [0.25, 0.3) is 0 Å². The van der Waals surface area contributed by atoms with E-state index in [1.165, 1.54) is 18.3 Å². The number of carbonyl (C=O) groups excluding carboxylic acids is 1. The molecule has 0 fully saturated rings. The fourth-order valence-electron chi connectivity index (χ4n) is 1.73. The van der Waals surface area contributed by atoms with Crippen molar-refractivity contribution in [3.63, 3.8) is 0 Å². The van der Waals surface area contributed by atoms with Crippen LogP contribution in [0.5, 0.6) is 0 Å². The second kappa shape index (κ2) is 6.21. The summed E-state index contributed by atoms with van der Waals surface area (Å²) in [6, 6.07) is 9.04. The summed E-state index contributed by atoms with van der Waals surface area (Å²) in [5.74, 6) is -1.02. The minimum atomic E-state index is -0.905. The van der Waals surface area contributed by atoms with E-state index in [2.05, 4.69) is 10.6 Å². The van der Waals surface area contributed by atoms with E-state index in [1.807, 2.05) is 12.1 Å². The summed E-state index contributed by atoms with van der Waals surface area (Å²) in [5.41, 5.74) is 2.35. The van der Waals surface area contributed by atoms with E-state index in [1.54, 1.807) is 23.6 Å². The lowest BCUT2D eigenvalue weighted by atomic mass is 10.2. The summed E-state index contributed by atoms with van der Waals surface area (Å²) in [4.78, 5) is 22.2. The molecule has 0 spiro atoms. The third-order valence-corrected chi connectivity index (χ3v) is 3.57. The summed E-state index contributed by atoms with van der Waals surface area (Å²) in [7, 11) is 0. The highest BCUT2D eigenvalue weighted by Gasteiger charge is 2.10. The highest BCUT2D eigenvalue weighted by atomic mass is 32.1. The zero-order valence-corrected chi connectivity index (χ0v) is 11.7. The largest absolute Gasteiger partial charge is 0.477 e. The van der Waals surface area contributed by atoms with Crippen LogP contribution in [0.1, 0.15) is 22.2 Å². The molecule has 0 atom stereocenters. The van der Waals surface area contributed by atoms with Crippen LogP contribution in [-0.2, 0) is 11.3 Å². The summed E-state index contributed by atoms with van der Waals surface area (Å²) in [6.07, 6.45) is 0. The predicted octanol–water partition coefficient (Wildman–Crippen LogP) is 3.02.